The third-order valence-corrected chi connectivity index (χ3v) is 3.23. The van der Waals surface area contributed by atoms with Crippen LogP contribution in [0.2, 0.25) is 0 Å². The minimum absolute atomic E-state index is 0.145. The molecule has 12 heavy (non-hydrogen) atoms. The molecule has 70 valence electrons. The van der Waals surface area contributed by atoms with Crippen molar-refractivity contribution in [1.29, 1.82) is 0 Å². The van der Waals surface area contributed by atoms with Gasteiger partial charge in [-0.2, -0.15) is 0 Å². The van der Waals surface area contributed by atoms with Crippen LogP contribution in [0.4, 0.5) is 0 Å². The van der Waals surface area contributed by atoms with E-state index in [0.29, 0.717) is 0 Å². The summed E-state index contributed by atoms with van der Waals surface area (Å²) in [5.41, 5.74) is 1.49. The van der Waals surface area contributed by atoms with E-state index in [0.717, 1.165) is 5.92 Å². The van der Waals surface area contributed by atoms with Crippen LogP contribution in [0, 0.1) is 5.92 Å². The van der Waals surface area contributed by atoms with Gasteiger partial charge < -0.3 is 4.74 Å². The number of ether oxygens (including phenoxy) is 1. The molecule has 0 radical (unpaired) electrons. The van der Waals surface area contributed by atoms with Gasteiger partial charge in [0.15, 0.2) is 0 Å². The standard InChI is InChI=1S/C11H20O/c1-9(2)10-5-7-11(3,12-4)8-6-10/h10H,1,5-8H2,2-4H3. The number of methoxy groups -OCH3 is 1. The molecule has 1 rings (SSSR count). The molecule has 0 aromatic rings. The largest absolute Gasteiger partial charge is 0.379 e. The van der Waals surface area contributed by atoms with Gasteiger partial charge in [0.25, 0.3) is 0 Å². The van der Waals surface area contributed by atoms with Crippen molar-refractivity contribution >= 4 is 0 Å². The number of rotatable bonds is 2. The monoisotopic (exact) mass is 168 g/mol. The lowest BCUT2D eigenvalue weighted by molar-refractivity contribution is -0.0305. The zero-order valence-electron chi connectivity index (χ0n) is 8.52. The zero-order valence-corrected chi connectivity index (χ0v) is 8.52. The first kappa shape index (κ1) is 9.79. The molecule has 1 aliphatic carbocycles. The molecule has 0 aliphatic heterocycles. The Balaban J connectivity index is 2.44. The van der Waals surface area contributed by atoms with Crippen LogP contribution in [0.3, 0.4) is 0 Å². The van der Waals surface area contributed by atoms with Gasteiger partial charge in [0, 0.05) is 7.11 Å². The first-order valence-corrected chi connectivity index (χ1v) is 4.78. The predicted molar refractivity (Wildman–Crippen MR) is 52.2 cm³/mol. The maximum absolute atomic E-state index is 5.48. The highest BCUT2D eigenvalue weighted by molar-refractivity contribution is 5.00. The third kappa shape index (κ3) is 2.10. The van der Waals surface area contributed by atoms with E-state index in [4.69, 9.17) is 4.74 Å². The highest BCUT2D eigenvalue weighted by atomic mass is 16.5. The summed E-state index contributed by atoms with van der Waals surface area (Å²) < 4.78 is 5.48. The molecule has 0 heterocycles. The molecule has 0 amide bonds. The summed E-state index contributed by atoms with van der Waals surface area (Å²) in [6.07, 6.45) is 4.86. The van der Waals surface area contributed by atoms with E-state index in [1.54, 1.807) is 0 Å². The van der Waals surface area contributed by atoms with Crippen LogP contribution in [0.25, 0.3) is 0 Å². The summed E-state index contributed by atoms with van der Waals surface area (Å²) in [6, 6.07) is 0. The van der Waals surface area contributed by atoms with Gasteiger partial charge in [0.05, 0.1) is 5.60 Å². The summed E-state index contributed by atoms with van der Waals surface area (Å²) in [5.74, 6) is 0.744. The van der Waals surface area contributed by atoms with Crippen LogP contribution in [0.5, 0.6) is 0 Å². The molecular weight excluding hydrogens is 148 g/mol. The highest BCUT2D eigenvalue weighted by Gasteiger charge is 2.30. The van der Waals surface area contributed by atoms with E-state index in [1.165, 1.54) is 31.3 Å². The number of allylic oxidation sites excluding steroid dienone is 1. The van der Waals surface area contributed by atoms with Crippen LogP contribution in [-0.2, 0) is 4.74 Å². The van der Waals surface area contributed by atoms with Crippen LogP contribution in [0.15, 0.2) is 12.2 Å². The van der Waals surface area contributed by atoms with E-state index >= 15 is 0 Å². The lowest BCUT2D eigenvalue weighted by Crippen LogP contribution is -2.32. The van der Waals surface area contributed by atoms with E-state index in [9.17, 15) is 0 Å². The maximum Gasteiger partial charge on any atom is 0.0651 e. The van der Waals surface area contributed by atoms with E-state index in [1.807, 2.05) is 7.11 Å². The molecule has 1 fully saturated rings. The molecule has 0 unspecified atom stereocenters. The summed E-state index contributed by atoms with van der Waals surface area (Å²) in [7, 11) is 1.82. The Morgan fingerprint density at radius 1 is 1.42 bits per heavy atom. The van der Waals surface area contributed by atoms with Gasteiger partial charge in [0.1, 0.15) is 0 Å². The summed E-state index contributed by atoms with van der Waals surface area (Å²) >= 11 is 0. The Morgan fingerprint density at radius 3 is 2.25 bits per heavy atom. The predicted octanol–water partition coefficient (Wildman–Crippen LogP) is 3.16. The second kappa shape index (κ2) is 3.61. The SMILES string of the molecule is C=C(C)C1CCC(C)(OC)CC1. The first-order valence-electron chi connectivity index (χ1n) is 4.78. The van der Waals surface area contributed by atoms with Crippen LogP contribution in [-0.4, -0.2) is 12.7 Å². The molecule has 0 aromatic heterocycles. The van der Waals surface area contributed by atoms with Crippen LogP contribution >= 0.6 is 0 Å². The van der Waals surface area contributed by atoms with Gasteiger partial charge in [-0.3, -0.25) is 0 Å². The molecule has 0 spiro atoms. The van der Waals surface area contributed by atoms with Crippen LogP contribution < -0.4 is 0 Å². The van der Waals surface area contributed by atoms with Crippen molar-refractivity contribution in [3.05, 3.63) is 12.2 Å². The highest BCUT2D eigenvalue weighted by Crippen LogP contribution is 2.36. The van der Waals surface area contributed by atoms with Crippen molar-refractivity contribution in [3.63, 3.8) is 0 Å². The second-order valence-corrected chi connectivity index (χ2v) is 4.27. The fraction of sp³-hybridized carbons (Fsp3) is 0.818. The molecule has 0 saturated heterocycles. The average Bonchev–Trinajstić information content (AvgIpc) is 2.05. The van der Waals surface area contributed by atoms with Crippen molar-refractivity contribution < 1.29 is 4.74 Å². The minimum atomic E-state index is 0.145. The van der Waals surface area contributed by atoms with Crippen LogP contribution in [0.1, 0.15) is 39.5 Å². The third-order valence-electron chi connectivity index (χ3n) is 3.23. The quantitative estimate of drug-likeness (QED) is 0.575. The van der Waals surface area contributed by atoms with E-state index < -0.39 is 0 Å². The average molecular weight is 168 g/mol. The van der Waals surface area contributed by atoms with Gasteiger partial charge in [-0.1, -0.05) is 12.2 Å². The summed E-state index contributed by atoms with van der Waals surface area (Å²) in [6.45, 7) is 8.36. The van der Waals surface area contributed by atoms with Crippen molar-refractivity contribution in [1.82, 2.24) is 0 Å². The van der Waals surface area contributed by atoms with Crippen molar-refractivity contribution in [2.24, 2.45) is 5.92 Å². The molecule has 0 aromatic carbocycles. The normalized spacial score (nSPS) is 36.4. The Morgan fingerprint density at radius 2 is 1.92 bits per heavy atom. The maximum atomic E-state index is 5.48. The zero-order chi connectivity index (χ0) is 9.19. The summed E-state index contributed by atoms with van der Waals surface area (Å²) in [4.78, 5) is 0. The van der Waals surface area contributed by atoms with E-state index in [-0.39, 0.29) is 5.60 Å². The van der Waals surface area contributed by atoms with Gasteiger partial charge in [-0.25, -0.2) is 0 Å². The Bertz CT molecular complexity index is 164. The molecule has 1 saturated carbocycles. The fourth-order valence-corrected chi connectivity index (χ4v) is 1.93. The van der Waals surface area contributed by atoms with Gasteiger partial charge in [0.2, 0.25) is 0 Å². The molecular formula is C11H20O. The Kier molecular flexibility index (Phi) is 2.94. The van der Waals surface area contributed by atoms with Gasteiger partial charge >= 0.3 is 0 Å². The Labute approximate surface area is 75.8 Å². The summed E-state index contributed by atoms with van der Waals surface area (Å²) in [5, 5.41) is 0. The molecule has 1 nitrogen and oxygen atoms in total. The Hall–Kier alpha value is -0.300. The molecule has 1 aliphatic rings. The van der Waals surface area contributed by atoms with Crippen molar-refractivity contribution in [2.45, 2.75) is 45.1 Å². The number of hydrogen-bond donors (Lipinski definition) is 0. The second-order valence-electron chi connectivity index (χ2n) is 4.27. The van der Waals surface area contributed by atoms with E-state index in [2.05, 4.69) is 20.4 Å². The topological polar surface area (TPSA) is 9.23 Å². The molecule has 0 atom stereocenters. The molecule has 0 bridgehead atoms. The number of hydrogen-bond acceptors (Lipinski definition) is 1. The first-order chi connectivity index (χ1) is 5.57. The van der Waals surface area contributed by atoms with Gasteiger partial charge in [-0.05, 0) is 45.4 Å². The minimum Gasteiger partial charge on any atom is -0.379 e. The molecule has 0 N–H and O–H groups in total. The van der Waals surface area contributed by atoms with Crippen molar-refractivity contribution in [3.8, 4) is 0 Å². The van der Waals surface area contributed by atoms with Crippen molar-refractivity contribution in [2.75, 3.05) is 7.11 Å². The molecule has 1 heteroatoms. The lowest BCUT2D eigenvalue weighted by Gasteiger charge is -2.36. The van der Waals surface area contributed by atoms with Gasteiger partial charge in [-0.15, -0.1) is 0 Å². The smallest absolute Gasteiger partial charge is 0.0651 e. The lowest BCUT2D eigenvalue weighted by atomic mass is 9.77. The fourth-order valence-electron chi connectivity index (χ4n) is 1.93.